The lowest BCUT2D eigenvalue weighted by atomic mass is 10.1. The predicted octanol–water partition coefficient (Wildman–Crippen LogP) is 2.34. The van der Waals surface area contributed by atoms with Gasteiger partial charge in [0, 0.05) is 16.7 Å². The number of halogens is 1. The second-order valence-corrected chi connectivity index (χ2v) is 5.33. The van der Waals surface area contributed by atoms with E-state index in [9.17, 15) is 19.7 Å². The zero-order valence-corrected chi connectivity index (χ0v) is 14.5. The smallest absolute Gasteiger partial charge is 0.311 e. The average Bonchev–Trinajstić information content (AvgIpc) is 2.65. The maximum absolute atomic E-state index is 12.2. The fraction of sp³-hybridized carbons (Fsp3) is 0.125. The van der Waals surface area contributed by atoms with Crippen molar-refractivity contribution < 1.29 is 24.0 Å². The molecule has 0 saturated carbocycles. The number of hydrogen-bond acceptors (Lipinski definition) is 6. The van der Waals surface area contributed by atoms with Gasteiger partial charge in [-0.1, -0.05) is 11.6 Å². The van der Waals surface area contributed by atoms with E-state index in [1.807, 2.05) is 0 Å². The molecule has 2 N–H and O–H groups in total. The van der Waals surface area contributed by atoms with Crippen molar-refractivity contribution >= 4 is 29.1 Å². The topological polar surface area (TPSA) is 120 Å². The van der Waals surface area contributed by atoms with E-state index in [1.54, 1.807) is 6.07 Å². The van der Waals surface area contributed by atoms with E-state index in [4.69, 9.17) is 21.1 Å². The summed E-state index contributed by atoms with van der Waals surface area (Å²) in [5.41, 5.74) is 4.08. The molecule has 2 aromatic rings. The van der Waals surface area contributed by atoms with Crippen LogP contribution >= 0.6 is 11.6 Å². The molecule has 9 nitrogen and oxygen atoms in total. The van der Waals surface area contributed by atoms with Gasteiger partial charge in [-0.15, -0.1) is 0 Å². The van der Waals surface area contributed by atoms with Gasteiger partial charge in [-0.2, -0.15) is 0 Å². The van der Waals surface area contributed by atoms with Gasteiger partial charge in [0.25, 0.3) is 11.8 Å². The Labute approximate surface area is 153 Å². The number of carbonyl (C=O) groups excluding carboxylic acids is 2. The Hall–Kier alpha value is -3.33. The summed E-state index contributed by atoms with van der Waals surface area (Å²) in [6.45, 7) is 0. The van der Waals surface area contributed by atoms with Crippen LogP contribution in [-0.4, -0.2) is 31.0 Å². The molecule has 0 aromatic heterocycles. The first-order valence-electron chi connectivity index (χ1n) is 7.14. The normalized spacial score (nSPS) is 9.96. The number of amides is 2. The summed E-state index contributed by atoms with van der Waals surface area (Å²) in [4.78, 5) is 34.7. The summed E-state index contributed by atoms with van der Waals surface area (Å²) < 4.78 is 9.92. The van der Waals surface area contributed by atoms with E-state index >= 15 is 0 Å². The number of nitro groups is 1. The highest BCUT2D eigenvalue weighted by molar-refractivity contribution is 6.31. The third-order valence-electron chi connectivity index (χ3n) is 3.33. The van der Waals surface area contributed by atoms with Crippen molar-refractivity contribution in [2.75, 3.05) is 14.2 Å². The summed E-state index contributed by atoms with van der Waals surface area (Å²) in [7, 11) is 2.66. The molecule has 0 radical (unpaired) electrons. The Bertz CT molecular complexity index is 871. The summed E-state index contributed by atoms with van der Waals surface area (Å²) in [6, 6.07) is 8.08. The Morgan fingerprint density at radius 2 is 1.62 bits per heavy atom. The molecule has 0 atom stereocenters. The molecule has 10 heteroatoms. The third-order valence-corrected chi connectivity index (χ3v) is 3.57. The summed E-state index contributed by atoms with van der Waals surface area (Å²) in [5.74, 6) is -1.13. The highest BCUT2D eigenvalue weighted by Gasteiger charge is 2.19. The summed E-state index contributed by atoms with van der Waals surface area (Å²) in [5, 5.41) is 11.3. The van der Waals surface area contributed by atoms with Crippen LogP contribution in [0.15, 0.2) is 36.4 Å². The first-order valence-corrected chi connectivity index (χ1v) is 7.51. The largest absolute Gasteiger partial charge is 0.496 e. The monoisotopic (exact) mass is 379 g/mol. The van der Waals surface area contributed by atoms with E-state index < -0.39 is 16.7 Å². The van der Waals surface area contributed by atoms with Crippen LogP contribution in [-0.2, 0) is 0 Å². The minimum atomic E-state index is -0.745. The molecule has 0 unspecified atom stereocenters. The Kier molecular flexibility index (Phi) is 5.97. The minimum Gasteiger partial charge on any atom is -0.496 e. The lowest BCUT2D eigenvalue weighted by Crippen LogP contribution is -2.41. The van der Waals surface area contributed by atoms with Crippen LogP contribution in [0.1, 0.15) is 20.7 Å². The third kappa shape index (κ3) is 4.19. The second-order valence-electron chi connectivity index (χ2n) is 4.90. The number of nitro benzene ring substituents is 1. The van der Waals surface area contributed by atoms with Gasteiger partial charge in [0.2, 0.25) is 0 Å². The van der Waals surface area contributed by atoms with Crippen molar-refractivity contribution in [3.63, 3.8) is 0 Å². The minimum absolute atomic E-state index is 0.0132. The van der Waals surface area contributed by atoms with Crippen molar-refractivity contribution in [2.45, 2.75) is 0 Å². The lowest BCUT2D eigenvalue weighted by Gasteiger charge is -2.11. The van der Waals surface area contributed by atoms with E-state index in [0.717, 1.165) is 6.07 Å². The van der Waals surface area contributed by atoms with Crippen LogP contribution in [0.4, 0.5) is 5.69 Å². The van der Waals surface area contributed by atoms with Gasteiger partial charge >= 0.3 is 5.69 Å². The zero-order valence-electron chi connectivity index (χ0n) is 13.7. The number of nitrogens with zero attached hydrogens (tertiary/aromatic N) is 1. The van der Waals surface area contributed by atoms with Crippen molar-refractivity contribution in [1.29, 1.82) is 0 Å². The lowest BCUT2D eigenvalue weighted by molar-refractivity contribution is -0.385. The van der Waals surface area contributed by atoms with Gasteiger partial charge in [-0.25, -0.2) is 0 Å². The SMILES string of the molecule is COc1ccc(Cl)cc1C(=O)NNC(=O)c1ccc(OC)c([N+](=O)[O-])c1. The standard InChI is InChI=1S/C16H14ClN3O6/c1-25-13-6-4-10(17)8-11(13)16(22)19-18-15(21)9-3-5-14(26-2)12(7-9)20(23)24/h3-8H,1-2H3,(H,18,21)(H,19,22). The van der Waals surface area contributed by atoms with Crippen molar-refractivity contribution in [3.05, 3.63) is 62.7 Å². The number of methoxy groups -OCH3 is 2. The van der Waals surface area contributed by atoms with Crippen LogP contribution in [0, 0.1) is 10.1 Å². The van der Waals surface area contributed by atoms with Crippen LogP contribution in [0.2, 0.25) is 5.02 Å². The van der Waals surface area contributed by atoms with Gasteiger partial charge < -0.3 is 9.47 Å². The molecule has 0 spiro atoms. The quantitative estimate of drug-likeness (QED) is 0.607. The van der Waals surface area contributed by atoms with Crippen LogP contribution in [0.3, 0.4) is 0 Å². The number of rotatable bonds is 5. The van der Waals surface area contributed by atoms with Crippen molar-refractivity contribution in [1.82, 2.24) is 10.9 Å². The maximum atomic E-state index is 12.2. The molecular weight excluding hydrogens is 366 g/mol. The highest BCUT2D eigenvalue weighted by atomic mass is 35.5. The molecule has 0 saturated heterocycles. The van der Waals surface area contributed by atoms with Crippen LogP contribution < -0.4 is 20.3 Å². The number of hydrazine groups is 1. The molecule has 0 aliphatic rings. The van der Waals surface area contributed by atoms with E-state index in [-0.39, 0.29) is 28.3 Å². The van der Waals surface area contributed by atoms with Crippen molar-refractivity contribution in [3.8, 4) is 11.5 Å². The van der Waals surface area contributed by atoms with E-state index in [0.29, 0.717) is 5.02 Å². The number of hydrogen-bond donors (Lipinski definition) is 2. The molecule has 0 aliphatic heterocycles. The number of ether oxygens (including phenoxy) is 2. The van der Waals surface area contributed by atoms with Gasteiger partial charge in [0.15, 0.2) is 5.75 Å². The Morgan fingerprint density at radius 3 is 2.23 bits per heavy atom. The molecule has 2 aromatic carbocycles. The Morgan fingerprint density at radius 1 is 1.00 bits per heavy atom. The fourth-order valence-corrected chi connectivity index (χ4v) is 2.26. The predicted molar refractivity (Wildman–Crippen MR) is 92.6 cm³/mol. The van der Waals surface area contributed by atoms with Gasteiger partial charge in [-0.3, -0.25) is 30.6 Å². The van der Waals surface area contributed by atoms with Gasteiger partial charge in [-0.05, 0) is 30.3 Å². The Balaban J connectivity index is 2.14. The molecule has 2 rings (SSSR count). The second kappa shape index (κ2) is 8.17. The highest BCUT2D eigenvalue weighted by Crippen LogP contribution is 2.27. The molecule has 26 heavy (non-hydrogen) atoms. The van der Waals surface area contributed by atoms with E-state index in [1.165, 1.54) is 38.5 Å². The van der Waals surface area contributed by atoms with Gasteiger partial charge in [0.1, 0.15) is 5.75 Å². The van der Waals surface area contributed by atoms with Gasteiger partial charge in [0.05, 0.1) is 24.7 Å². The number of benzene rings is 2. The molecular formula is C16H14ClN3O6. The van der Waals surface area contributed by atoms with Crippen LogP contribution in [0.25, 0.3) is 0 Å². The number of carbonyl (C=O) groups is 2. The molecule has 0 bridgehead atoms. The summed E-state index contributed by atoms with van der Waals surface area (Å²) >= 11 is 5.85. The fourth-order valence-electron chi connectivity index (χ4n) is 2.08. The molecule has 136 valence electrons. The van der Waals surface area contributed by atoms with E-state index in [2.05, 4.69) is 10.9 Å². The molecule has 0 fully saturated rings. The molecule has 2 amide bonds. The first kappa shape index (κ1) is 19.0. The average molecular weight is 380 g/mol. The zero-order chi connectivity index (χ0) is 19.3. The molecule has 0 aliphatic carbocycles. The van der Waals surface area contributed by atoms with Crippen LogP contribution in [0.5, 0.6) is 11.5 Å². The summed E-state index contributed by atoms with van der Waals surface area (Å²) in [6.07, 6.45) is 0. The molecule has 0 heterocycles. The number of nitrogens with one attached hydrogen (secondary N) is 2. The maximum Gasteiger partial charge on any atom is 0.311 e. The van der Waals surface area contributed by atoms with Crippen molar-refractivity contribution in [2.24, 2.45) is 0 Å². The first-order chi connectivity index (χ1) is 12.4.